The molecule has 1 aromatic heterocycles. The Hall–Kier alpha value is -1.50. The van der Waals surface area contributed by atoms with Crippen LogP contribution in [0.15, 0.2) is 0 Å². The van der Waals surface area contributed by atoms with E-state index in [2.05, 4.69) is 20.8 Å². The average Bonchev–Trinajstić information content (AvgIpc) is 3.09. The van der Waals surface area contributed by atoms with Crippen molar-refractivity contribution in [2.75, 3.05) is 7.11 Å². The lowest BCUT2D eigenvalue weighted by molar-refractivity contribution is -0.144. The van der Waals surface area contributed by atoms with Crippen molar-refractivity contribution in [2.24, 2.45) is 5.92 Å². The number of nitrogens with zero attached hydrogens (tertiary/aromatic N) is 4. The van der Waals surface area contributed by atoms with Gasteiger partial charge in [-0.1, -0.05) is 13.8 Å². The molecule has 7 heteroatoms. The molecule has 1 aliphatic carbocycles. The number of rotatable bonds is 6. The molecule has 1 N–H and O–H groups in total. The van der Waals surface area contributed by atoms with Crippen molar-refractivity contribution in [3.05, 3.63) is 5.82 Å². The Bertz CT molecular complexity index is 413. The number of ether oxygens (including phenoxy) is 1. The summed E-state index contributed by atoms with van der Waals surface area (Å²) in [7, 11) is 1.40. The lowest BCUT2D eigenvalue weighted by atomic mass is 10.0. The van der Waals surface area contributed by atoms with Crippen LogP contribution in [0.25, 0.3) is 0 Å². The number of esters is 1. The standard InChI is InChI=1S/C11H19N5O2/c1-7(2)10(11(17)18-3)12-6-9-13-14-15-16(9)8-4-5-8/h7-8,10,12H,4-6H2,1-3H3. The topological polar surface area (TPSA) is 81.9 Å². The third-order valence-corrected chi connectivity index (χ3v) is 3.06. The summed E-state index contributed by atoms with van der Waals surface area (Å²) in [6.45, 7) is 4.42. The van der Waals surface area contributed by atoms with E-state index in [9.17, 15) is 4.79 Å². The molecule has 1 aliphatic rings. The second-order valence-corrected chi connectivity index (χ2v) is 4.90. The molecule has 2 rings (SSSR count). The highest BCUT2D eigenvalue weighted by Gasteiger charge is 2.29. The summed E-state index contributed by atoms with van der Waals surface area (Å²) in [4.78, 5) is 11.6. The average molecular weight is 253 g/mol. The van der Waals surface area contributed by atoms with Crippen molar-refractivity contribution in [1.29, 1.82) is 0 Å². The molecule has 0 amide bonds. The van der Waals surface area contributed by atoms with Crippen LogP contribution in [0.4, 0.5) is 0 Å². The van der Waals surface area contributed by atoms with Crippen molar-refractivity contribution in [3.8, 4) is 0 Å². The Balaban J connectivity index is 1.96. The maximum absolute atomic E-state index is 11.6. The Morgan fingerprint density at radius 3 is 2.83 bits per heavy atom. The van der Waals surface area contributed by atoms with E-state index in [0.717, 1.165) is 18.7 Å². The van der Waals surface area contributed by atoms with Crippen LogP contribution in [0.2, 0.25) is 0 Å². The smallest absolute Gasteiger partial charge is 0.323 e. The number of methoxy groups -OCH3 is 1. The minimum absolute atomic E-state index is 0.155. The van der Waals surface area contributed by atoms with Gasteiger partial charge in [0.25, 0.3) is 0 Å². The van der Waals surface area contributed by atoms with Crippen molar-refractivity contribution in [1.82, 2.24) is 25.5 Å². The number of carbonyl (C=O) groups excluding carboxylic acids is 1. The van der Waals surface area contributed by atoms with E-state index >= 15 is 0 Å². The molecule has 1 unspecified atom stereocenters. The van der Waals surface area contributed by atoms with E-state index in [4.69, 9.17) is 4.74 Å². The van der Waals surface area contributed by atoms with E-state index in [1.54, 1.807) is 0 Å². The molecule has 0 spiro atoms. The zero-order valence-electron chi connectivity index (χ0n) is 11.0. The fourth-order valence-electron chi connectivity index (χ4n) is 1.85. The number of aromatic nitrogens is 4. The van der Waals surface area contributed by atoms with Gasteiger partial charge in [-0.2, -0.15) is 0 Å². The molecule has 0 bridgehead atoms. The van der Waals surface area contributed by atoms with E-state index in [-0.39, 0.29) is 17.9 Å². The van der Waals surface area contributed by atoms with Gasteiger partial charge in [-0.25, -0.2) is 4.68 Å². The predicted molar refractivity (Wildman–Crippen MR) is 63.6 cm³/mol. The van der Waals surface area contributed by atoms with E-state index < -0.39 is 0 Å². The molecule has 1 fully saturated rings. The molecular weight excluding hydrogens is 234 g/mol. The SMILES string of the molecule is COC(=O)C(NCc1nnnn1C1CC1)C(C)C. The van der Waals surface area contributed by atoms with Gasteiger partial charge in [-0.3, -0.25) is 10.1 Å². The van der Waals surface area contributed by atoms with Gasteiger partial charge in [-0.15, -0.1) is 5.10 Å². The van der Waals surface area contributed by atoms with Crippen molar-refractivity contribution in [3.63, 3.8) is 0 Å². The number of hydrogen-bond donors (Lipinski definition) is 1. The summed E-state index contributed by atoms with van der Waals surface area (Å²) >= 11 is 0. The summed E-state index contributed by atoms with van der Waals surface area (Å²) in [5.74, 6) is 0.671. The summed E-state index contributed by atoms with van der Waals surface area (Å²) in [5.41, 5.74) is 0. The highest BCUT2D eigenvalue weighted by molar-refractivity contribution is 5.75. The molecule has 1 heterocycles. The first-order valence-corrected chi connectivity index (χ1v) is 6.21. The van der Waals surface area contributed by atoms with Gasteiger partial charge in [0.1, 0.15) is 6.04 Å². The molecule has 100 valence electrons. The number of tetrazole rings is 1. The normalized spacial score (nSPS) is 16.9. The third-order valence-electron chi connectivity index (χ3n) is 3.06. The minimum atomic E-state index is -0.334. The lowest BCUT2D eigenvalue weighted by Crippen LogP contribution is -2.41. The van der Waals surface area contributed by atoms with Crippen LogP contribution >= 0.6 is 0 Å². The molecule has 1 saturated carbocycles. The molecule has 7 nitrogen and oxygen atoms in total. The Morgan fingerprint density at radius 1 is 1.56 bits per heavy atom. The van der Waals surface area contributed by atoms with Crippen molar-refractivity contribution in [2.45, 2.75) is 45.3 Å². The second-order valence-electron chi connectivity index (χ2n) is 4.90. The van der Waals surface area contributed by atoms with Crippen LogP contribution in [0.3, 0.4) is 0 Å². The van der Waals surface area contributed by atoms with Crippen LogP contribution < -0.4 is 5.32 Å². The lowest BCUT2D eigenvalue weighted by Gasteiger charge is -2.19. The Morgan fingerprint density at radius 2 is 2.28 bits per heavy atom. The maximum Gasteiger partial charge on any atom is 0.323 e. The first-order chi connectivity index (χ1) is 8.63. The van der Waals surface area contributed by atoms with Crippen LogP contribution in [0.1, 0.15) is 38.6 Å². The van der Waals surface area contributed by atoms with Gasteiger partial charge < -0.3 is 4.74 Å². The third kappa shape index (κ3) is 2.84. The van der Waals surface area contributed by atoms with Crippen LogP contribution in [-0.2, 0) is 16.1 Å². The van der Waals surface area contributed by atoms with E-state index in [0.29, 0.717) is 12.6 Å². The Kier molecular flexibility index (Phi) is 3.90. The fraction of sp³-hybridized carbons (Fsp3) is 0.818. The van der Waals surface area contributed by atoms with Gasteiger partial charge in [0.05, 0.1) is 19.7 Å². The maximum atomic E-state index is 11.6. The molecule has 1 aromatic rings. The second kappa shape index (κ2) is 5.43. The van der Waals surface area contributed by atoms with Gasteiger partial charge in [0.2, 0.25) is 0 Å². The number of nitrogens with one attached hydrogen (secondary N) is 1. The van der Waals surface area contributed by atoms with Gasteiger partial charge in [0, 0.05) is 0 Å². The first kappa shape index (κ1) is 12.9. The molecule has 0 aliphatic heterocycles. The molecule has 1 atom stereocenters. The monoisotopic (exact) mass is 253 g/mol. The summed E-state index contributed by atoms with van der Waals surface area (Å²) in [6, 6.07) is 0.103. The number of hydrogen-bond acceptors (Lipinski definition) is 6. The summed E-state index contributed by atoms with van der Waals surface area (Å²) in [6.07, 6.45) is 2.26. The number of carbonyl (C=O) groups is 1. The summed E-state index contributed by atoms with van der Waals surface area (Å²) in [5, 5.41) is 14.8. The molecule has 0 saturated heterocycles. The highest BCUT2D eigenvalue weighted by atomic mass is 16.5. The molecule has 0 aromatic carbocycles. The first-order valence-electron chi connectivity index (χ1n) is 6.21. The van der Waals surface area contributed by atoms with Crippen molar-refractivity contribution >= 4 is 5.97 Å². The largest absolute Gasteiger partial charge is 0.468 e. The van der Waals surface area contributed by atoms with Gasteiger partial charge in [-0.05, 0) is 29.2 Å². The van der Waals surface area contributed by atoms with Crippen LogP contribution in [0.5, 0.6) is 0 Å². The van der Waals surface area contributed by atoms with Crippen molar-refractivity contribution < 1.29 is 9.53 Å². The fourth-order valence-corrected chi connectivity index (χ4v) is 1.85. The van der Waals surface area contributed by atoms with Gasteiger partial charge in [0.15, 0.2) is 5.82 Å². The summed E-state index contributed by atoms with van der Waals surface area (Å²) < 4.78 is 6.61. The predicted octanol–water partition coefficient (Wildman–Crippen LogP) is 0.295. The highest BCUT2D eigenvalue weighted by Crippen LogP contribution is 2.34. The molecule has 0 radical (unpaired) electrons. The molecular formula is C11H19N5O2. The minimum Gasteiger partial charge on any atom is -0.468 e. The van der Waals surface area contributed by atoms with E-state index in [1.807, 2.05) is 18.5 Å². The van der Waals surface area contributed by atoms with Gasteiger partial charge >= 0.3 is 5.97 Å². The molecule has 18 heavy (non-hydrogen) atoms. The zero-order chi connectivity index (χ0) is 13.1. The van der Waals surface area contributed by atoms with Crippen LogP contribution in [-0.4, -0.2) is 39.3 Å². The van der Waals surface area contributed by atoms with Crippen LogP contribution in [0, 0.1) is 5.92 Å². The zero-order valence-corrected chi connectivity index (χ0v) is 11.0. The van der Waals surface area contributed by atoms with E-state index in [1.165, 1.54) is 7.11 Å². The quantitative estimate of drug-likeness (QED) is 0.734. The Labute approximate surface area is 106 Å².